The molecule has 0 saturated heterocycles. The highest BCUT2D eigenvalue weighted by atomic mass is 32.1. The highest BCUT2D eigenvalue weighted by Crippen LogP contribution is 2.43. The van der Waals surface area contributed by atoms with Gasteiger partial charge in [-0.2, -0.15) is 0 Å². The third-order valence-electron chi connectivity index (χ3n) is 11.6. The highest BCUT2D eigenvalue weighted by molar-refractivity contribution is 7.26. The van der Waals surface area contributed by atoms with Crippen LogP contribution in [0.4, 0.5) is 0 Å². The van der Waals surface area contributed by atoms with Crippen LogP contribution in [0.5, 0.6) is 0 Å². The molecule has 9 aromatic carbocycles. The zero-order valence-corrected chi connectivity index (χ0v) is 32.3. The third-order valence-corrected chi connectivity index (χ3v) is 13.9. The molecular weight excluding hydrogens is 741 g/mol. The molecule has 2 nitrogen and oxygen atoms in total. The van der Waals surface area contributed by atoms with Crippen LogP contribution in [0, 0.1) is 0 Å². The van der Waals surface area contributed by atoms with Gasteiger partial charge in [-0.3, -0.25) is 0 Å². The second kappa shape index (κ2) is 12.3. The first-order valence-corrected chi connectivity index (χ1v) is 20.8. The van der Waals surface area contributed by atoms with Crippen molar-refractivity contribution in [2.75, 3.05) is 0 Å². The van der Waals surface area contributed by atoms with Gasteiger partial charge in [-0.15, -0.1) is 22.7 Å². The lowest BCUT2D eigenvalue weighted by molar-refractivity contribution is 1.19. The summed E-state index contributed by atoms with van der Waals surface area (Å²) in [6, 6.07) is 49.9. The van der Waals surface area contributed by atoms with Crippen LogP contribution in [0.15, 0.2) is 194 Å². The van der Waals surface area contributed by atoms with Crippen molar-refractivity contribution in [3.63, 3.8) is 0 Å². The Morgan fingerprint density at radius 1 is 0.362 bits per heavy atom. The molecule has 4 heterocycles. The standard InChI is InChI=1S/C54H32N2S2/c1-2-11-33(12-3-1)38-16-10-18-49-54(38)45-30-35(22-26-48(45)56(49)37-24-28-53-44(32-37)41-15-6-9-20-51(41)58-53)34-21-25-47-42(29-34)39-13-4-7-17-46(39)55(47)36-23-27-52-43(31-36)40-14-5-8-19-50(40)57-52/h1-32H/i4D,7D,13D,17D,21D,25D,29D. The molecule has 0 amide bonds. The van der Waals surface area contributed by atoms with Crippen LogP contribution in [0.3, 0.4) is 0 Å². The fourth-order valence-electron chi connectivity index (χ4n) is 8.99. The molecule has 0 aliphatic carbocycles. The maximum Gasteiger partial charge on any atom is 0.0645 e. The SMILES string of the molecule is [2H]c1c([2H])c([2H])c2c(c1[2H])c1c([2H])c(-c3ccc4c(c3)c3c(-c5ccccc5)cccc3n4-c3ccc4sc5ccccc5c4c3)c([2H])c([2H])c1n2-c1ccc2sc3ccccc3c2c1. The largest absolute Gasteiger partial charge is 0.309 e. The number of rotatable bonds is 4. The monoisotopic (exact) mass is 779 g/mol. The van der Waals surface area contributed by atoms with Gasteiger partial charge in [0, 0.05) is 73.3 Å². The van der Waals surface area contributed by atoms with Gasteiger partial charge >= 0.3 is 0 Å². The number of nitrogens with zero attached hydrogens (tertiary/aromatic N) is 2. The molecule has 0 aliphatic heterocycles. The molecule has 0 atom stereocenters. The first-order chi connectivity index (χ1) is 31.7. The van der Waals surface area contributed by atoms with E-state index in [1.807, 2.05) is 66.7 Å². The fourth-order valence-corrected chi connectivity index (χ4v) is 11.2. The molecule has 58 heavy (non-hydrogen) atoms. The molecule has 0 fully saturated rings. The third kappa shape index (κ3) is 4.64. The lowest BCUT2D eigenvalue weighted by Crippen LogP contribution is -1.94. The van der Waals surface area contributed by atoms with Crippen molar-refractivity contribution in [1.82, 2.24) is 9.13 Å². The van der Waals surface area contributed by atoms with Crippen molar-refractivity contribution in [1.29, 1.82) is 0 Å². The minimum atomic E-state index is -0.417. The van der Waals surface area contributed by atoms with Gasteiger partial charge in [0.15, 0.2) is 0 Å². The predicted octanol–water partition coefficient (Wildman–Crippen LogP) is 16.0. The molecule has 0 spiro atoms. The normalized spacial score (nSPS) is 13.8. The van der Waals surface area contributed by atoms with E-state index in [2.05, 4.69) is 89.5 Å². The van der Waals surface area contributed by atoms with Crippen molar-refractivity contribution in [2.24, 2.45) is 0 Å². The van der Waals surface area contributed by atoms with E-state index < -0.39 is 12.1 Å². The molecule has 13 aromatic rings. The zero-order valence-electron chi connectivity index (χ0n) is 37.6. The summed E-state index contributed by atoms with van der Waals surface area (Å²) in [5.41, 5.74) is 6.78. The Kier molecular flexibility index (Phi) is 5.50. The molecule has 0 radical (unpaired) electrons. The van der Waals surface area contributed by atoms with Crippen molar-refractivity contribution in [3.8, 4) is 33.6 Å². The Morgan fingerprint density at radius 3 is 1.74 bits per heavy atom. The Morgan fingerprint density at radius 2 is 1.00 bits per heavy atom. The maximum absolute atomic E-state index is 10.0. The Bertz CT molecular complexity index is 4220. The second-order valence-electron chi connectivity index (χ2n) is 14.7. The van der Waals surface area contributed by atoms with Gasteiger partial charge in [0.25, 0.3) is 0 Å². The average molecular weight is 780 g/mol. The maximum atomic E-state index is 10.0. The molecule has 0 N–H and O–H groups in total. The second-order valence-corrected chi connectivity index (χ2v) is 16.9. The first kappa shape index (κ1) is 26.0. The molecule has 0 bridgehead atoms. The van der Waals surface area contributed by atoms with E-state index in [4.69, 9.17) is 2.74 Å². The Balaban J connectivity index is 1.11. The lowest BCUT2D eigenvalue weighted by Gasteiger charge is -2.10. The molecule has 270 valence electrons. The van der Waals surface area contributed by atoms with Crippen LogP contribution in [0.2, 0.25) is 0 Å². The van der Waals surface area contributed by atoms with E-state index >= 15 is 0 Å². The molecule has 4 aromatic heterocycles. The van der Waals surface area contributed by atoms with E-state index in [9.17, 15) is 6.85 Å². The minimum absolute atomic E-state index is 0.0713. The van der Waals surface area contributed by atoms with Crippen LogP contribution in [0.1, 0.15) is 9.60 Å². The summed E-state index contributed by atoms with van der Waals surface area (Å²) in [6.45, 7) is 0. The number of hydrogen-bond donors (Lipinski definition) is 0. The van der Waals surface area contributed by atoms with Crippen LogP contribution in [0.25, 0.3) is 118 Å². The smallest absolute Gasteiger partial charge is 0.0645 e. The number of benzene rings is 9. The quantitative estimate of drug-likeness (QED) is 0.168. The summed E-state index contributed by atoms with van der Waals surface area (Å²) in [4.78, 5) is 0. The molecule has 13 rings (SSSR count). The number of para-hydroxylation sites is 1. The van der Waals surface area contributed by atoms with E-state index in [-0.39, 0.29) is 57.6 Å². The summed E-state index contributed by atoms with van der Waals surface area (Å²) in [5.74, 6) is 0. The van der Waals surface area contributed by atoms with E-state index in [0.717, 1.165) is 58.8 Å². The molecule has 0 aliphatic rings. The minimum Gasteiger partial charge on any atom is -0.309 e. The lowest BCUT2D eigenvalue weighted by atomic mass is 9.97. The van der Waals surface area contributed by atoms with E-state index in [0.29, 0.717) is 11.3 Å². The number of thiophene rings is 2. The zero-order chi connectivity index (χ0) is 44.0. The van der Waals surface area contributed by atoms with Gasteiger partial charge in [-0.05, 0) is 107 Å². The van der Waals surface area contributed by atoms with Crippen LogP contribution < -0.4 is 0 Å². The topological polar surface area (TPSA) is 9.86 Å². The summed E-state index contributed by atoms with van der Waals surface area (Å²) >= 11 is 3.45. The van der Waals surface area contributed by atoms with Gasteiger partial charge in [-0.1, -0.05) is 109 Å². The molecule has 4 heteroatoms. The Labute approximate surface area is 351 Å². The van der Waals surface area contributed by atoms with Gasteiger partial charge in [0.1, 0.15) is 0 Å². The van der Waals surface area contributed by atoms with Crippen molar-refractivity contribution >= 4 is 107 Å². The van der Waals surface area contributed by atoms with E-state index in [1.165, 1.54) is 20.2 Å². The summed E-state index contributed by atoms with van der Waals surface area (Å²) in [6.07, 6.45) is 0. The van der Waals surface area contributed by atoms with Crippen LogP contribution >= 0.6 is 22.7 Å². The summed E-state index contributed by atoms with van der Waals surface area (Å²) < 4.78 is 74.1. The number of hydrogen-bond acceptors (Lipinski definition) is 2. The number of aromatic nitrogens is 2. The summed E-state index contributed by atoms with van der Waals surface area (Å²) in [7, 11) is 0. The fraction of sp³-hybridized carbons (Fsp3) is 0. The highest BCUT2D eigenvalue weighted by Gasteiger charge is 2.19. The summed E-state index contributed by atoms with van der Waals surface area (Å²) in [5, 5.41) is 6.72. The van der Waals surface area contributed by atoms with Crippen LogP contribution in [-0.4, -0.2) is 9.13 Å². The van der Waals surface area contributed by atoms with E-state index in [1.54, 1.807) is 27.2 Å². The van der Waals surface area contributed by atoms with Gasteiger partial charge in [0.2, 0.25) is 0 Å². The van der Waals surface area contributed by atoms with Crippen molar-refractivity contribution in [2.45, 2.75) is 0 Å². The molecule has 0 unspecified atom stereocenters. The van der Waals surface area contributed by atoms with Crippen molar-refractivity contribution < 1.29 is 9.60 Å². The Hall–Kier alpha value is -6.98. The predicted molar refractivity (Wildman–Crippen MR) is 252 cm³/mol. The van der Waals surface area contributed by atoms with Crippen molar-refractivity contribution in [3.05, 3.63) is 194 Å². The molecular formula is C54H32N2S2. The number of fused-ring (bicyclic) bond motifs is 12. The average Bonchev–Trinajstić information content (AvgIpc) is 4.10. The van der Waals surface area contributed by atoms with Gasteiger partial charge in [0.05, 0.1) is 31.7 Å². The first-order valence-electron chi connectivity index (χ1n) is 22.7. The van der Waals surface area contributed by atoms with Gasteiger partial charge in [-0.25, -0.2) is 0 Å². The van der Waals surface area contributed by atoms with Gasteiger partial charge < -0.3 is 9.13 Å². The van der Waals surface area contributed by atoms with Crippen LogP contribution in [-0.2, 0) is 0 Å². The molecule has 0 saturated carbocycles.